The lowest BCUT2D eigenvalue weighted by atomic mass is 9.95. The zero-order valence-electron chi connectivity index (χ0n) is 10.3. The molecule has 0 unspecified atom stereocenters. The summed E-state index contributed by atoms with van der Waals surface area (Å²) in [6, 6.07) is 6.86. The van der Waals surface area contributed by atoms with Crippen LogP contribution in [0.5, 0.6) is 0 Å². The second-order valence-corrected chi connectivity index (χ2v) is 5.13. The van der Waals surface area contributed by atoms with Crippen molar-refractivity contribution in [3.05, 3.63) is 35.6 Å². The monoisotopic (exact) mass is 235 g/mol. The third-order valence-electron chi connectivity index (χ3n) is 3.42. The Labute approximate surface area is 101 Å². The largest absolute Gasteiger partial charge is 0.355 e. The van der Waals surface area contributed by atoms with Crippen molar-refractivity contribution in [2.45, 2.75) is 32.1 Å². The van der Waals surface area contributed by atoms with E-state index in [0.29, 0.717) is 6.54 Å². The average Bonchev–Trinajstić information content (AvgIpc) is 3.07. The molecule has 92 valence electrons. The van der Waals surface area contributed by atoms with Gasteiger partial charge in [-0.2, -0.15) is 0 Å². The summed E-state index contributed by atoms with van der Waals surface area (Å²) in [5.41, 5.74) is 0.583. The van der Waals surface area contributed by atoms with Crippen LogP contribution < -0.4 is 5.32 Å². The number of benzene rings is 1. The van der Waals surface area contributed by atoms with Crippen molar-refractivity contribution in [2.75, 3.05) is 6.54 Å². The molecule has 3 heteroatoms. The Morgan fingerprint density at radius 3 is 2.59 bits per heavy atom. The first kappa shape index (κ1) is 12.1. The molecule has 0 aromatic heterocycles. The Hall–Kier alpha value is -1.38. The highest BCUT2D eigenvalue weighted by molar-refractivity contribution is 5.78. The number of carbonyl (C=O) groups is 1. The van der Waals surface area contributed by atoms with Gasteiger partial charge in [0.15, 0.2) is 0 Å². The Balaban J connectivity index is 2.06. The highest BCUT2D eigenvalue weighted by atomic mass is 19.1. The summed E-state index contributed by atoms with van der Waals surface area (Å²) >= 11 is 0. The van der Waals surface area contributed by atoms with Crippen molar-refractivity contribution < 1.29 is 9.18 Å². The highest BCUT2D eigenvalue weighted by Gasteiger charge is 2.45. The van der Waals surface area contributed by atoms with E-state index in [4.69, 9.17) is 0 Å². The number of hydrogen-bond donors (Lipinski definition) is 1. The maximum atomic E-state index is 13.7. The summed E-state index contributed by atoms with van der Waals surface area (Å²) < 4.78 is 13.7. The minimum Gasteiger partial charge on any atom is -0.355 e. The standard InChI is InChI=1S/C14H18FNO/c1-10(2)13(17)16-9-14(7-8-14)11-5-3-4-6-12(11)15/h3-6,10H,7-9H2,1-2H3,(H,16,17). The van der Waals surface area contributed by atoms with E-state index in [1.54, 1.807) is 6.07 Å². The van der Waals surface area contributed by atoms with Crippen LogP contribution in [0.3, 0.4) is 0 Å². The first-order valence-electron chi connectivity index (χ1n) is 6.08. The molecule has 1 aliphatic carbocycles. The van der Waals surface area contributed by atoms with Crippen LogP contribution in [0.15, 0.2) is 24.3 Å². The van der Waals surface area contributed by atoms with E-state index in [1.807, 2.05) is 26.0 Å². The fraction of sp³-hybridized carbons (Fsp3) is 0.500. The van der Waals surface area contributed by atoms with Crippen LogP contribution in [0.4, 0.5) is 4.39 Å². The number of halogens is 1. The van der Waals surface area contributed by atoms with Crippen molar-refractivity contribution in [2.24, 2.45) is 5.92 Å². The average molecular weight is 235 g/mol. The van der Waals surface area contributed by atoms with E-state index in [0.717, 1.165) is 18.4 Å². The lowest BCUT2D eigenvalue weighted by Crippen LogP contribution is -2.35. The molecule has 1 amide bonds. The summed E-state index contributed by atoms with van der Waals surface area (Å²) in [4.78, 5) is 11.5. The Morgan fingerprint density at radius 1 is 1.41 bits per heavy atom. The highest BCUT2D eigenvalue weighted by Crippen LogP contribution is 2.48. The molecule has 0 heterocycles. The van der Waals surface area contributed by atoms with Gasteiger partial charge in [0.05, 0.1) is 0 Å². The van der Waals surface area contributed by atoms with Crippen molar-refractivity contribution in [3.63, 3.8) is 0 Å². The second kappa shape index (κ2) is 4.47. The Morgan fingerprint density at radius 2 is 2.06 bits per heavy atom. The van der Waals surface area contributed by atoms with Crippen LogP contribution >= 0.6 is 0 Å². The van der Waals surface area contributed by atoms with Crippen LogP contribution in [0.2, 0.25) is 0 Å². The number of nitrogens with one attached hydrogen (secondary N) is 1. The summed E-state index contributed by atoms with van der Waals surface area (Å²) in [7, 11) is 0. The molecule has 0 atom stereocenters. The quantitative estimate of drug-likeness (QED) is 0.854. The van der Waals surface area contributed by atoms with Crippen molar-refractivity contribution in [1.29, 1.82) is 0 Å². The van der Waals surface area contributed by atoms with E-state index in [-0.39, 0.29) is 23.1 Å². The number of rotatable bonds is 4. The van der Waals surface area contributed by atoms with Gasteiger partial charge < -0.3 is 5.32 Å². The maximum absolute atomic E-state index is 13.7. The van der Waals surface area contributed by atoms with E-state index in [2.05, 4.69) is 5.32 Å². The summed E-state index contributed by atoms with van der Waals surface area (Å²) in [5.74, 6) is -0.150. The molecule has 0 saturated heterocycles. The van der Waals surface area contributed by atoms with Gasteiger partial charge in [-0.3, -0.25) is 4.79 Å². The normalized spacial score (nSPS) is 16.9. The molecule has 0 bridgehead atoms. The van der Waals surface area contributed by atoms with E-state index in [9.17, 15) is 9.18 Å². The van der Waals surface area contributed by atoms with Crippen LogP contribution in [-0.4, -0.2) is 12.5 Å². The Kier molecular flexibility index (Phi) is 3.18. The van der Waals surface area contributed by atoms with Gasteiger partial charge in [0, 0.05) is 17.9 Å². The van der Waals surface area contributed by atoms with Gasteiger partial charge in [-0.25, -0.2) is 4.39 Å². The maximum Gasteiger partial charge on any atom is 0.222 e. The van der Waals surface area contributed by atoms with Crippen molar-refractivity contribution in [1.82, 2.24) is 5.32 Å². The van der Waals surface area contributed by atoms with Gasteiger partial charge in [-0.1, -0.05) is 32.0 Å². The van der Waals surface area contributed by atoms with Crippen LogP contribution in [0.1, 0.15) is 32.3 Å². The molecular weight excluding hydrogens is 217 g/mol. The topological polar surface area (TPSA) is 29.1 Å². The Bertz CT molecular complexity index is 424. The molecule has 1 N–H and O–H groups in total. The van der Waals surface area contributed by atoms with E-state index in [1.165, 1.54) is 6.07 Å². The minimum absolute atomic E-state index is 0.0218. The molecular formula is C14H18FNO. The molecule has 0 aliphatic heterocycles. The molecule has 1 aliphatic rings. The molecule has 0 spiro atoms. The minimum atomic E-state index is -0.163. The first-order valence-corrected chi connectivity index (χ1v) is 6.08. The second-order valence-electron chi connectivity index (χ2n) is 5.13. The predicted molar refractivity (Wildman–Crippen MR) is 65.2 cm³/mol. The van der Waals surface area contributed by atoms with Gasteiger partial charge in [0.25, 0.3) is 0 Å². The number of hydrogen-bond acceptors (Lipinski definition) is 1. The molecule has 2 nitrogen and oxygen atoms in total. The SMILES string of the molecule is CC(C)C(=O)NCC1(c2ccccc2F)CC1. The summed E-state index contributed by atoms with van der Waals surface area (Å²) in [6.07, 6.45) is 1.90. The number of carbonyl (C=O) groups excluding carboxylic acids is 1. The van der Waals surface area contributed by atoms with E-state index >= 15 is 0 Å². The predicted octanol–water partition coefficient (Wildman–Crippen LogP) is 2.63. The lowest BCUT2D eigenvalue weighted by Gasteiger charge is -2.18. The molecule has 17 heavy (non-hydrogen) atoms. The third kappa shape index (κ3) is 2.48. The van der Waals surface area contributed by atoms with E-state index < -0.39 is 0 Å². The fourth-order valence-electron chi connectivity index (χ4n) is 2.04. The number of amides is 1. The van der Waals surface area contributed by atoms with Gasteiger partial charge in [-0.05, 0) is 24.5 Å². The van der Waals surface area contributed by atoms with Gasteiger partial charge >= 0.3 is 0 Å². The third-order valence-corrected chi connectivity index (χ3v) is 3.42. The van der Waals surface area contributed by atoms with Crippen molar-refractivity contribution >= 4 is 5.91 Å². The van der Waals surface area contributed by atoms with Crippen LogP contribution in [0, 0.1) is 11.7 Å². The molecule has 1 fully saturated rings. The molecule has 1 aromatic rings. The molecule has 2 rings (SSSR count). The smallest absolute Gasteiger partial charge is 0.222 e. The van der Waals surface area contributed by atoms with Gasteiger partial charge in [0.2, 0.25) is 5.91 Å². The fourth-order valence-corrected chi connectivity index (χ4v) is 2.04. The van der Waals surface area contributed by atoms with Crippen LogP contribution in [0.25, 0.3) is 0 Å². The molecule has 0 radical (unpaired) electrons. The van der Waals surface area contributed by atoms with Gasteiger partial charge in [-0.15, -0.1) is 0 Å². The molecule has 1 aromatic carbocycles. The summed E-state index contributed by atoms with van der Waals surface area (Å²) in [5, 5.41) is 2.90. The zero-order chi connectivity index (χ0) is 12.5. The zero-order valence-corrected chi connectivity index (χ0v) is 10.3. The summed E-state index contributed by atoms with van der Waals surface area (Å²) in [6.45, 7) is 4.26. The lowest BCUT2D eigenvalue weighted by molar-refractivity contribution is -0.124. The van der Waals surface area contributed by atoms with Crippen LogP contribution in [-0.2, 0) is 10.2 Å². The molecule has 1 saturated carbocycles. The van der Waals surface area contributed by atoms with Gasteiger partial charge in [0.1, 0.15) is 5.82 Å². The van der Waals surface area contributed by atoms with Crippen molar-refractivity contribution in [3.8, 4) is 0 Å². The first-order chi connectivity index (χ1) is 8.05.